The summed E-state index contributed by atoms with van der Waals surface area (Å²) < 4.78 is 0. The maximum atomic E-state index is 5.94. The molecule has 1 unspecified atom stereocenters. The van der Waals surface area contributed by atoms with Gasteiger partial charge in [-0.2, -0.15) is 0 Å². The number of hydrogen-bond acceptors (Lipinski definition) is 2. The van der Waals surface area contributed by atoms with Crippen LogP contribution in [0.2, 0.25) is 0 Å². The van der Waals surface area contributed by atoms with Crippen LogP contribution in [-0.2, 0) is 0 Å². The monoisotopic (exact) mass is 287 g/mol. The predicted octanol–water partition coefficient (Wildman–Crippen LogP) is 3.90. The fraction of sp³-hybridized carbons (Fsp3) is 0.312. The lowest BCUT2D eigenvalue weighted by Crippen LogP contribution is -2.23. The number of nitrogens with two attached hydrogens (primary N) is 1. The molecule has 0 saturated heterocycles. The van der Waals surface area contributed by atoms with Crippen LogP contribution in [0.25, 0.3) is 0 Å². The molecule has 4 heteroatoms. The fourth-order valence-electron chi connectivity index (χ4n) is 1.90. The molecule has 0 bridgehead atoms. The fourth-order valence-corrected chi connectivity index (χ4v) is 2.68. The van der Waals surface area contributed by atoms with Crippen molar-refractivity contribution in [2.24, 2.45) is 10.7 Å². The zero-order valence-corrected chi connectivity index (χ0v) is 13.0. The molecule has 2 rings (SSSR count). The third-order valence-corrected chi connectivity index (χ3v) is 4.45. The van der Waals surface area contributed by atoms with Crippen LogP contribution >= 0.6 is 11.3 Å². The van der Waals surface area contributed by atoms with Gasteiger partial charge in [-0.25, -0.2) is 0 Å². The Morgan fingerprint density at radius 2 is 2.10 bits per heavy atom. The molecule has 1 aromatic heterocycles. The number of hydrogen-bond donors (Lipinski definition) is 2. The first-order chi connectivity index (χ1) is 9.56. The van der Waals surface area contributed by atoms with Crippen LogP contribution in [0.5, 0.6) is 0 Å². The van der Waals surface area contributed by atoms with Crippen molar-refractivity contribution in [3.63, 3.8) is 0 Å². The predicted molar refractivity (Wildman–Crippen MR) is 88.8 cm³/mol. The molecule has 2 aromatic rings. The van der Waals surface area contributed by atoms with E-state index in [1.165, 1.54) is 16.0 Å². The average molecular weight is 287 g/mol. The Balaban J connectivity index is 1.95. The Labute approximate surface area is 124 Å². The Hall–Kier alpha value is -1.81. The summed E-state index contributed by atoms with van der Waals surface area (Å²) >= 11 is 1.76. The highest BCUT2D eigenvalue weighted by molar-refractivity contribution is 7.10. The molecule has 106 valence electrons. The van der Waals surface area contributed by atoms with E-state index >= 15 is 0 Å². The van der Waals surface area contributed by atoms with E-state index in [2.05, 4.69) is 60.7 Å². The highest BCUT2D eigenvalue weighted by Gasteiger charge is 2.05. The van der Waals surface area contributed by atoms with Crippen LogP contribution in [0.15, 0.2) is 40.7 Å². The van der Waals surface area contributed by atoms with Crippen LogP contribution in [-0.4, -0.2) is 12.5 Å². The number of thiophene rings is 1. The molecule has 0 aliphatic heterocycles. The first-order valence-corrected chi connectivity index (χ1v) is 7.62. The zero-order valence-electron chi connectivity index (χ0n) is 12.2. The van der Waals surface area contributed by atoms with E-state index in [-0.39, 0.29) is 0 Å². The molecule has 3 N–H and O–H groups in total. The molecule has 0 aliphatic carbocycles. The molecule has 0 amide bonds. The summed E-state index contributed by atoms with van der Waals surface area (Å²) in [6.45, 7) is 7.05. The van der Waals surface area contributed by atoms with Gasteiger partial charge in [0.05, 0.1) is 6.54 Å². The molecule has 0 radical (unpaired) electrons. The lowest BCUT2D eigenvalue weighted by atomic mass is 10.1. The maximum Gasteiger partial charge on any atom is 0.193 e. The smallest absolute Gasteiger partial charge is 0.193 e. The number of aryl methyl sites for hydroxylation is 2. The number of aliphatic imine (C=N–C) groups is 1. The molecule has 0 spiro atoms. The zero-order chi connectivity index (χ0) is 14.5. The Morgan fingerprint density at radius 3 is 2.75 bits per heavy atom. The van der Waals surface area contributed by atoms with E-state index in [0.717, 1.165) is 5.69 Å². The Morgan fingerprint density at radius 1 is 1.30 bits per heavy atom. The topological polar surface area (TPSA) is 50.4 Å². The molecule has 0 aliphatic rings. The average Bonchev–Trinajstić information content (AvgIpc) is 2.94. The summed E-state index contributed by atoms with van der Waals surface area (Å²) in [5.74, 6) is 0.867. The van der Waals surface area contributed by atoms with Crippen LogP contribution in [0.4, 0.5) is 5.69 Å². The molecule has 0 saturated carbocycles. The quantitative estimate of drug-likeness (QED) is 0.662. The minimum atomic E-state index is 0.398. The van der Waals surface area contributed by atoms with Gasteiger partial charge in [-0.05, 0) is 48.6 Å². The summed E-state index contributed by atoms with van der Waals surface area (Å²) in [6.07, 6.45) is 0. The van der Waals surface area contributed by atoms with Gasteiger partial charge in [0, 0.05) is 16.5 Å². The van der Waals surface area contributed by atoms with Gasteiger partial charge >= 0.3 is 0 Å². The molecule has 3 nitrogen and oxygen atoms in total. The van der Waals surface area contributed by atoms with Crippen molar-refractivity contribution in [3.05, 3.63) is 51.7 Å². The van der Waals surface area contributed by atoms with Crippen molar-refractivity contribution in [1.29, 1.82) is 0 Å². The normalized spacial score (nSPS) is 13.2. The lowest BCUT2D eigenvalue weighted by molar-refractivity contribution is 0.790. The largest absolute Gasteiger partial charge is 0.370 e. The van der Waals surface area contributed by atoms with Crippen molar-refractivity contribution in [3.8, 4) is 0 Å². The molecule has 20 heavy (non-hydrogen) atoms. The minimum absolute atomic E-state index is 0.398. The van der Waals surface area contributed by atoms with Gasteiger partial charge in [0.25, 0.3) is 0 Å². The second kappa shape index (κ2) is 6.57. The number of nitrogens with zero attached hydrogens (tertiary/aromatic N) is 1. The van der Waals surface area contributed by atoms with Gasteiger partial charge in [0.2, 0.25) is 0 Å². The maximum absolute atomic E-state index is 5.94. The van der Waals surface area contributed by atoms with E-state index in [0.29, 0.717) is 18.4 Å². The highest BCUT2D eigenvalue weighted by Crippen LogP contribution is 2.20. The number of nitrogens with one attached hydrogen (secondary N) is 1. The van der Waals surface area contributed by atoms with E-state index in [1.807, 2.05) is 6.07 Å². The van der Waals surface area contributed by atoms with E-state index < -0.39 is 0 Å². The molecular weight excluding hydrogens is 266 g/mol. The SMILES string of the molecule is Cc1ccc(NC(N)=NCC(C)c2cccs2)cc1C. The summed E-state index contributed by atoms with van der Waals surface area (Å²) in [5, 5.41) is 5.23. The van der Waals surface area contributed by atoms with Crippen molar-refractivity contribution in [2.75, 3.05) is 11.9 Å². The van der Waals surface area contributed by atoms with Crippen molar-refractivity contribution < 1.29 is 0 Å². The van der Waals surface area contributed by atoms with Crippen LogP contribution in [0.1, 0.15) is 28.8 Å². The Kier molecular flexibility index (Phi) is 4.79. The van der Waals surface area contributed by atoms with Gasteiger partial charge < -0.3 is 11.1 Å². The van der Waals surface area contributed by atoms with Gasteiger partial charge in [-0.3, -0.25) is 4.99 Å². The lowest BCUT2D eigenvalue weighted by Gasteiger charge is -2.10. The second-order valence-electron chi connectivity index (χ2n) is 5.07. The van der Waals surface area contributed by atoms with Gasteiger partial charge in [-0.15, -0.1) is 11.3 Å². The van der Waals surface area contributed by atoms with Gasteiger partial charge in [0.15, 0.2) is 5.96 Å². The summed E-state index contributed by atoms with van der Waals surface area (Å²) in [6, 6.07) is 10.4. The summed E-state index contributed by atoms with van der Waals surface area (Å²) in [5.41, 5.74) is 9.44. The van der Waals surface area contributed by atoms with Gasteiger partial charge in [-0.1, -0.05) is 19.1 Å². The van der Waals surface area contributed by atoms with Crippen molar-refractivity contribution in [1.82, 2.24) is 0 Å². The number of rotatable bonds is 4. The van der Waals surface area contributed by atoms with Gasteiger partial charge in [0.1, 0.15) is 0 Å². The van der Waals surface area contributed by atoms with E-state index in [9.17, 15) is 0 Å². The summed E-state index contributed by atoms with van der Waals surface area (Å²) in [4.78, 5) is 5.76. The third kappa shape index (κ3) is 3.84. The summed E-state index contributed by atoms with van der Waals surface area (Å²) in [7, 11) is 0. The van der Waals surface area contributed by atoms with Crippen molar-refractivity contribution >= 4 is 23.0 Å². The molecule has 0 fully saturated rings. The van der Waals surface area contributed by atoms with E-state index in [4.69, 9.17) is 5.73 Å². The van der Waals surface area contributed by atoms with Crippen molar-refractivity contribution in [2.45, 2.75) is 26.7 Å². The third-order valence-electron chi connectivity index (χ3n) is 3.34. The molecule has 1 atom stereocenters. The van der Waals surface area contributed by atoms with Crippen LogP contribution in [0, 0.1) is 13.8 Å². The minimum Gasteiger partial charge on any atom is -0.370 e. The first-order valence-electron chi connectivity index (χ1n) is 6.74. The number of anilines is 1. The standard InChI is InChI=1S/C16H21N3S/c1-11-6-7-14(9-12(11)2)19-16(17)18-10-13(3)15-5-4-8-20-15/h4-9,13H,10H2,1-3H3,(H3,17,18,19). The van der Waals surface area contributed by atoms with Crippen LogP contribution < -0.4 is 11.1 Å². The first kappa shape index (κ1) is 14.6. The number of guanidine groups is 1. The number of benzene rings is 1. The van der Waals surface area contributed by atoms with E-state index in [1.54, 1.807) is 11.3 Å². The molecular formula is C16H21N3S. The Bertz CT molecular complexity index is 588. The molecule has 1 aromatic carbocycles. The van der Waals surface area contributed by atoms with Crippen LogP contribution in [0.3, 0.4) is 0 Å². The second-order valence-corrected chi connectivity index (χ2v) is 6.05. The molecule has 1 heterocycles. The highest BCUT2D eigenvalue weighted by atomic mass is 32.1.